The normalized spacial score (nSPS) is 17.1. The lowest BCUT2D eigenvalue weighted by Crippen LogP contribution is -2.47. The predicted molar refractivity (Wildman–Crippen MR) is 104 cm³/mol. The van der Waals surface area contributed by atoms with Gasteiger partial charge in [-0.1, -0.05) is 17.7 Å². The third-order valence-corrected chi connectivity index (χ3v) is 6.32. The fourth-order valence-corrected chi connectivity index (χ4v) is 4.32. The van der Waals surface area contributed by atoms with Gasteiger partial charge in [0.05, 0.1) is 18.0 Å². The van der Waals surface area contributed by atoms with E-state index in [1.54, 1.807) is 36.7 Å². The number of aryl methyl sites for hydroxylation is 1. The van der Waals surface area contributed by atoms with E-state index in [1.807, 2.05) is 6.92 Å². The number of aromatic nitrogens is 1. The lowest BCUT2D eigenvalue weighted by molar-refractivity contribution is -0.139. The first-order chi connectivity index (χ1) is 13.9. The second kappa shape index (κ2) is 9.12. The summed E-state index contributed by atoms with van der Waals surface area (Å²) in [5.74, 6) is -1.67. The van der Waals surface area contributed by atoms with Gasteiger partial charge in [0.15, 0.2) is 0 Å². The fourth-order valence-electron chi connectivity index (χ4n) is 2.81. The van der Waals surface area contributed by atoms with Gasteiger partial charge in [-0.2, -0.15) is 4.31 Å². The number of benzene rings is 1. The van der Waals surface area contributed by atoms with Crippen molar-refractivity contribution in [3.63, 3.8) is 0 Å². The predicted octanol–water partition coefficient (Wildman–Crippen LogP) is 0.170. The Labute approximate surface area is 169 Å². The molecule has 9 nitrogen and oxygen atoms in total. The van der Waals surface area contributed by atoms with E-state index in [9.17, 15) is 18.0 Å². The minimum atomic E-state index is -3.77. The minimum Gasteiger partial charge on any atom is -0.359 e. The van der Waals surface area contributed by atoms with Crippen LogP contribution in [0.2, 0.25) is 0 Å². The zero-order valence-corrected chi connectivity index (χ0v) is 16.7. The van der Waals surface area contributed by atoms with E-state index >= 15 is 0 Å². The number of hydrogen-bond donors (Lipinski definition) is 2. The third-order valence-electron chi connectivity index (χ3n) is 4.42. The molecule has 1 atom stereocenters. The second-order valence-corrected chi connectivity index (χ2v) is 8.39. The molecule has 0 bridgehead atoms. The van der Waals surface area contributed by atoms with Crippen molar-refractivity contribution < 1.29 is 22.7 Å². The Kier molecular flexibility index (Phi) is 6.57. The molecule has 1 aromatic carbocycles. The van der Waals surface area contributed by atoms with Gasteiger partial charge in [-0.3, -0.25) is 14.6 Å². The largest absolute Gasteiger partial charge is 0.359 e. The van der Waals surface area contributed by atoms with Crippen molar-refractivity contribution in [3.05, 3.63) is 59.9 Å². The quantitative estimate of drug-likeness (QED) is 0.646. The zero-order chi connectivity index (χ0) is 20.9. The van der Waals surface area contributed by atoms with Crippen molar-refractivity contribution in [2.75, 3.05) is 19.7 Å². The van der Waals surface area contributed by atoms with Crippen molar-refractivity contribution in [1.29, 1.82) is 0 Å². The van der Waals surface area contributed by atoms with Crippen molar-refractivity contribution in [2.24, 2.45) is 0 Å². The van der Waals surface area contributed by atoms with Crippen molar-refractivity contribution in [1.82, 2.24) is 19.9 Å². The van der Waals surface area contributed by atoms with Crippen LogP contribution in [0.15, 0.2) is 53.7 Å². The highest BCUT2D eigenvalue weighted by molar-refractivity contribution is 7.89. The number of pyridine rings is 1. The molecule has 1 aromatic heterocycles. The van der Waals surface area contributed by atoms with E-state index in [-0.39, 0.29) is 31.1 Å². The minimum absolute atomic E-state index is 0.132. The molecule has 1 saturated heterocycles. The van der Waals surface area contributed by atoms with Crippen molar-refractivity contribution in [3.8, 4) is 0 Å². The molecule has 2 amide bonds. The van der Waals surface area contributed by atoms with Crippen LogP contribution in [-0.2, 0) is 30.9 Å². The van der Waals surface area contributed by atoms with E-state index < -0.39 is 28.1 Å². The summed E-state index contributed by atoms with van der Waals surface area (Å²) in [4.78, 5) is 28.0. The van der Waals surface area contributed by atoms with Gasteiger partial charge in [-0.05, 0) is 36.8 Å². The van der Waals surface area contributed by atoms with Crippen molar-refractivity contribution >= 4 is 21.8 Å². The molecule has 0 spiro atoms. The van der Waals surface area contributed by atoms with Gasteiger partial charge in [0, 0.05) is 25.5 Å². The molecule has 29 heavy (non-hydrogen) atoms. The molecule has 0 aliphatic carbocycles. The number of amides is 2. The van der Waals surface area contributed by atoms with Gasteiger partial charge >= 0.3 is 11.8 Å². The number of rotatable bonds is 6. The van der Waals surface area contributed by atoms with Gasteiger partial charge in [0.1, 0.15) is 6.23 Å². The van der Waals surface area contributed by atoms with E-state index in [4.69, 9.17) is 4.74 Å². The van der Waals surface area contributed by atoms with E-state index in [2.05, 4.69) is 15.6 Å². The smallest absolute Gasteiger partial charge is 0.309 e. The molecular weight excluding hydrogens is 396 g/mol. The SMILES string of the molecule is Cc1ccc(S(=O)(=O)N2CCO[C@@H]2CNC(=O)C(=O)NCc2ccncc2)cc1. The van der Waals surface area contributed by atoms with Gasteiger partial charge in [0.25, 0.3) is 0 Å². The number of nitrogens with zero attached hydrogens (tertiary/aromatic N) is 2. The van der Waals surface area contributed by atoms with Crippen LogP contribution in [0.5, 0.6) is 0 Å². The molecule has 0 unspecified atom stereocenters. The summed E-state index contributed by atoms with van der Waals surface area (Å²) in [5, 5.41) is 4.92. The van der Waals surface area contributed by atoms with Crippen LogP contribution in [0.4, 0.5) is 0 Å². The number of ether oxygens (including phenoxy) is 1. The van der Waals surface area contributed by atoms with Crippen LogP contribution < -0.4 is 10.6 Å². The van der Waals surface area contributed by atoms with Crippen LogP contribution in [0.25, 0.3) is 0 Å². The fraction of sp³-hybridized carbons (Fsp3) is 0.316. The summed E-state index contributed by atoms with van der Waals surface area (Å²) in [7, 11) is -3.77. The molecule has 0 radical (unpaired) electrons. The van der Waals surface area contributed by atoms with Gasteiger partial charge in [-0.15, -0.1) is 0 Å². The number of nitrogens with one attached hydrogen (secondary N) is 2. The number of hydrogen-bond acceptors (Lipinski definition) is 6. The standard InChI is InChI=1S/C19H22N4O5S/c1-14-2-4-16(5-3-14)29(26,27)23-10-11-28-17(23)13-22-19(25)18(24)21-12-15-6-8-20-9-7-15/h2-9,17H,10-13H2,1H3,(H,21,24)(H,22,25)/t17-/m1/s1. The molecule has 1 fully saturated rings. The Bertz CT molecular complexity index is 964. The van der Waals surface area contributed by atoms with E-state index in [0.29, 0.717) is 0 Å². The molecule has 2 heterocycles. The highest BCUT2D eigenvalue weighted by Gasteiger charge is 2.36. The number of carbonyl (C=O) groups is 2. The summed E-state index contributed by atoms with van der Waals surface area (Å²) in [5.41, 5.74) is 1.75. The van der Waals surface area contributed by atoms with Crippen LogP contribution >= 0.6 is 0 Å². The zero-order valence-electron chi connectivity index (χ0n) is 15.9. The number of carbonyl (C=O) groups excluding carboxylic acids is 2. The molecule has 1 aliphatic heterocycles. The summed E-state index contributed by atoms with van der Waals surface area (Å²) < 4.78 is 32.3. The maximum Gasteiger partial charge on any atom is 0.309 e. The Morgan fingerprint density at radius 3 is 2.45 bits per heavy atom. The summed E-state index contributed by atoms with van der Waals surface area (Å²) in [6, 6.07) is 9.94. The first kappa shape index (κ1) is 20.9. The first-order valence-corrected chi connectivity index (χ1v) is 10.5. The Hall–Kier alpha value is -2.82. The molecule has 3 rings (SSSR count). The first-order valence-electron chi connectivity index (χ1n) is 9.03. The van der Waals surface area contributed by atoms with Crippen LogP contribution in [0.1, 0.15) is 11.1 Å². The van der Waals surface area contributed by atoms with E-state index in [0.717, 1.165) is 11.1 Å². The summed E-state index contributed by atoms with van der Waals surface area (Å²) in [6.45, 7) is 2.30. The van der Waals surface area contributed by atoms with Crippen LogP contribution in [0.3, 0.4) is 0 Å². The average molecular weight is 418 g/mol. The number of sulfonamides is 1. The topological polar surface area (TPSA) is 118 Å². The van der Waals surface area contributed by atoms with Crippen molar-refractivity contribution in [2.45, 2.75) is 24.6 Å². The molecule has 2 aromatic rings. The second-order valence-electron chi connectivity index (χ2n) is 6.50. The lowest BCUT2D eigenvalue weighted by Gasteiger charge is -2.22. The summed E-state index contributed by atoms with van der Waals surface area (Å²) >= 11 is 0. The third kappa shape index (κ3) is 5.17. The molecule has 2 N–H and O–H groups in total. The van der Waals surface area contributed by atoms with Crippen LogP contribution in [0, 0.1) is 6.92 Å². The van der Waals surface area contributed by atoms with E-state index in [1.165, 1.54) is 16.4 Å². The maximum atomic E-state index is 12.8. The Morgan fingerprint density at radius 2 is 1.76 bits per heavy atom. The van der Waals surface area contributed by atoms with Crippen LogP contribution in [-0.4, -0.2) is 55.4 Å². The molecule has 10 heteroatoms. The highest BCUT2D eigenvalue weighted by Crippen LogP contribution is 2.22. The average Bonchev–Trinajstić information content (AvgIpc) is 3.21. The van der Waals surface area contributed by atoms with Gasteiger partial charge < -0.3 is 15.4 Å². The monoisotopic (exact) mass is 418 g/mol. The maximum absolute atomic E-state index is 12.8. The molecule has 1 aliphatic rings. The summed E-state index contributed by atoms with van der Waals surface area (Å²) in [6.07, 6.45) is 2.29. The highest BCUT2D eigenvalue weighted by atomic mass is 32.2. The lowest BCUT2D eigenvalue weighted by atomic mass is 10.2. The Balaban J connectivity index is 1.55. The van der Waals surface area contributed by atoms with Gasteiger partial charge in [0.2, 0.25) is 10.0 Å². The Morgan fingerprint density at radius 1 is 1.10 bits per heavy atom. The molecule has 154 valence electrons. The van der Waals surface area contributed by atoms with Gasteiger partial charge in [-0.25, -0.2) is 8.42 Å². The molecular formula is C19H22N4O5S. The molecule has 0 saturated carbocycles.